The average molecular weight is 445 g/mol. The van der Waals surface area contributed by atoms with Crippen LogP contribution >= 0.6 is 0 Å². The molecule has 2 saturated carbocycles. The zero-order chi connectivity index (χ0) is 22.4. The Bertz CT molecular complexity index is 690. The first-order valence-electron chi connectivity index (χ1n) is 11.6. The molecule has 1 aromatic carbocycles. The smallest absolute Gasteiger partial charge is 0.399 e. The van der Waals surface area contributed by atoms with Crippen molar-refractivity contribution in [3.05, 3.63) is 42.0 Å². The lowest BCUT2D eigenvalue weighted by Gasteiger charge is -2.38. The molecule has 2 fully saturated rings. The van der Waals surface area contributed by atoms with Gasteiger partial charge in [0.25, 0.3) is 0 Å². The van der Waals surface area contributed by atoms with Crippen LogP contribution in [0.1, 0.15) is 76.2 Å². The van der Waals surface area contributed by atoms with E-state index in [2.05, 4.69) is 11.3 Å². The molecule has 0 radical (unpaired) electrons. The van der Waals surface area contributed by atoms with Crippen LogP contribution in [0.15, 0.2) is 24.8 Å². The predicted molar refractivity (Wildman–Crippen MR) is 112 cm³/mol. The second-order valence-corrected chi connectivity index (χ2v) is 9.40. The molecule has 0 atom stereocenters. The Hall–Kier alpha value is -1.59. The van der Waals surface area contributed by atoms with Crippen molar-refractivity contribution in [2.24, 2.45) is 23.7 Å². The van der Waals surface area contributed by atoms with Crippen LogP contribution in [0, 0.1) is 35.3 Å². The summed E-state index contributed by atoms with van der Waals surface area (Å²) in [5.74, 6) is -0.984. The predicted octanol–water partition coefficient (Wildman–Crippen LogP) is 8.38. The quantitative estimate of drug-likeness (QED) is 0.289. The van der Waals surface area contributed by atoms with Gasteiger partial charge in [0.15, 0.2) is 11.6 Å². The maximum absolute atomic E-state index is 13.9. The van der Waals surface area contributed by atoms with E-state index in [9.17, 15) is 22.0 Å². The number of hydrogen-bond donors (Lipinski definition) is 0. The molecule has 0 spiro atoms. The number of aryl methyl sites for hydroxylation is 1. The Kier molecular flexibility index (Phi) is 8.40. The largest absolute Gasteiger partial charge is 0.573 e. The van der Waals surface area contributed by atoms with E-state index >= 15 is 0 Å². The lowest BCUT2D eigenvalue weighted by molar-refractivity contribution is -0.276. The third kappa shape index (κ3) is 7.21. The first-order chi connectivity index (χ1) is 14.7. The second kappa shape index (κ2) is 10.8. The van der Waals surface area contributed by atoms with Gasteiger partial charge in [-0.3, -0.25) is 0 Å². The molecule has 6 heteroatoms. The van der Waals surface area contributed by atoms with Crippen LogP contribution in [0.2, 0.25) is 0 Å². The van der Waals surface area contributed by atoms with Crippen molar-refractivity contribution in [2.75, 3.05) is 0 Å². The summed E-state index contributed by atoms with van der Waals surface area (Å²) in [5, 5.41) is 0. The van der Waals surface area contributed by atoms with Crippen molar-refractivity contribution in [1.82, 2.24) is 0 Å². The number of rotatable bonds is 8. The van der Waals surface area contributed by atoms with E-state index in [-0.39, 0.29) is 0 Å². The van der Waals surface area contributed by atoms with Gasteiger partial charge in [0.05, 0.1) is 0 Å². The van der Waals surface area contributed by atoms with Gasteiger partial charge in [-0.15, -0.1) is 19.8 Å². The third-order valence-corrected chi connectivity index (χ3v) is 7.35. The molecule has 31 heavy (non-hydrogen) atoms. The third-order valence-electron chi connectivity index (χ3n) is 7.35. The van der Waals surface area contributed by atoms with E-state index in [4.69, 9.17) is 0 Å². The minimum atomic E-state index is -5.12. The molecule has 0 amide bonds. The monoisotopic (exact) mass is 444 g/mol. The molecule has 1 aromatic rings. The van der Waals surface area contributed by atoms with Gasteiger partial charge >= 0.3 is 6.36 Å². The van der Waals surface area contributed by atoms with Crippen LogP contribution in [0.5, 0.6) is 5.75 Å². The fourth-order valence-corrected chi connectivity index (χ4v) is 5.59. The van der Waals surface area contributed by atoms with Crippen molar-refractivity contribution >= 4 is 0 Å². The molecule has 0 aliphatic heterocycles. The highest BCUT2D eigenvalue weighted by Gasteiger charge is 2.34. The number of halogens is 5. The molecular formula is C25H33F5O. The standard InChI is InChI=1S/C25H33F5O/c1-2-3-4-17-7-11-20(12-8-17)21-13-9-18(10-14-21)5-6-19-15-22(26)24(23(27)16-19)31-25(28,29)30/h2,15-18,20-21H,1,3-14H2. The average Bonchev–Trinajstić information content (AvgIpc) is 2.73. The maximum Gasteiger partial charge on any atom is 0.573 e. The molecule has 0 bridgehead atoms. The van der Waals surface area contributed by atoms with Gasteiger partial charge in [0, 0.05) is 0 Å². The summed E-state index contributed by atoms with van der Waals surface area (Å²) in [5.41, 5.74) is 0.379. The van der Waals surface area contributed by atoms with E-state index < -0.39 is 23.7 Å². The lowest BCUT2D eigenvalue weighted by Crippen LogP contribution is -2.26. The van der Waals surface area contributed by atoms with Crippen LogP contribution in [-0.4, -0.2) is 6.36 Å². The summed E-state index contributed by atoms with van der Waals surface area (Å²) >= 11 is 0. The summed E-state index contributed by atoms with van der Waals surface area (Å²) < 4.78 is 68.0. The molecule has 0 N–H and O–H groups in total. The number of hydrogen-bond acceptors (Lipinski definition) is 1. The van der Waals surface area contributed by atoms with Gasteiger partial charge in [-0.2, -0.15) is 0 Å². The van der Waals surface area contributed by atoms with Gasteiger partial charge in [-0.1, -0.05) is 31.8 Å². The minimum Gasteiger partial charge on any atom is -0.399 e. The normalized spacial score (nSPS) is 27.1. The highest BCUT2D eigenvalue weighted by atomic mass is 19.4. The van der Waals surface area contributed by atoms with E-state index in [0.29, 0.717) is 17.9 Å². The fraction of sp³-hybridized carbons (Fsp3) is 0.680. The van der Waals surface area contributed by atoms with Crippen LogP contribution in [-0.2, 0) is 6.42 Å². The second-order valence-electron chi connectivity index (χ2n) is 9.40. The zero-order valence-corrected chi connectivity index (χ0v) is 18.0. The number of allylic oxidation sites excluding steroid dienone is 1. The summed E-state index contributed by atoms with van der Waals surface area (Å²) in [6, 6.07) is 1.92. The Morgan fingerprint density at radius 1 is 0.839 bits per heavy atom. The van der Waals surface area contributed by atoms with Crippen LogP contribution in [0.4, 0.5) is 22.0 Å². The molecule has 0 aromatic heterocycles. The van der Waals surface area contributed by atoms with Gasteiger partial charge in [-0.05, 0) is 92.7 Å². The Morgan fingerprint density at radius 2 is 1.32 bits per heavy atom. The molecule has 2 aliphatic rings. The molecule has 1 nitrogen and oxygen atoms in total. The Morgan fingerprint density at radius 3 is 1.77 bits per heavy atom. The van der Waals surface area contributed by atoms with Crippen molar-refractivity contribution in [3.8, 4) is 5.75 Å². The fourth-order valence-electron chi connectivity index (χ4n) is 5.59. The highest BCUT2D eigenvalue weighted by Crippen LogP contribution is 2.43. The number of alkyl halides is 3. The molecule has 3 rings (SSSR count). The summed E-state index contributed by atoms with van der Waals surface area (Å²) in [6.07, 6.45) is 10.6. The Balaban J connectivity index is 1.42. The SMILES string of the molecule is C=CCCC1CCC(C2CCC(CCc3cc(F)c(OC(F)(F)F)c(F)c3)CC2)CC1. The Labute approximate surface area is 182 Å². The van der Waals surface area contributed by atoms with Gasteiger partial charge < -0.3 is 4.74 Å². The van der Waals surface area contributed by atoms with E-state index in [1.54, 1.807) is 0 Å². The number of benzene rings is 1. The minimum absolute atomic E-state index is 0.379. The first-order valence-corrected chi connectivity index (χ1v) is 11.6. The van der Waals surface area contributed by atoms with E-state index in [1.807, 2.05) is 6.08 Å². The van der Waals surface area contributed by atoms with E-state index in [0.717, 1.165) is 55.6 Å². The summed E-state index contributed by atoms with van der Waals surface area (Å²) in [4.78, 5) is 0. The van der Waals surface area contributed by atoms with Crippen LogP contribution < -0.4 is 4.74 Å². The maximum atomic E-state index is 13.9. The lowest BCUT2D eigenvalue weighted by atomic mass is 9.68. The molecule has 0 heterocycles. The number of ether oxygens (including phenoxy) is 1. The molecular weight excluding hydrogens is 411 g/mol. The van der Waals surface area contributed by atoms with Gasteiger partial charge in [0.1, 0.15) is 0 Å². The van der Waals surface area contributed by atoms with Crippen molar-refractivity contribution < 1.29 is 26.7 Å². The molecule has 174 valence electrons. The first kappa shape index (κ1) is 24.1. The van der Waals surface area contributed by atoms with E-state index in [1.165, 1.54) is 44.9 Å². The molecule has 0 saturated heterocycles. The van der Waals surface area contributed by atoms with Crippen LogP contribution in [0.3, 0.4) is 0 Å². The highest BCUT2D eigenvalue weighted by molar-refractivity contribution is 5.31. The molecule has 0 unspecified atom stereocenters. The van der Waals surface area contributed by atoms with Gasteiger partial charge in [0.2, 0.25) is 5.75 Å². The van der Waals surface area contributed by atoms with Crippen molar-refractivity contribution in [3.63, 3.8) is 0 Å². The summed E-state index contributed by atoms with van der Waals surface area (Å²) in [6.45, 7) is 3.82. The molecule has 2 aliphatic carbocycles. The van der Waals surface area contributed by atoms with Crippen molar-refractivity contribution in [1.29, 1.82) is 0 Å². The van der Waals surface area contributed by atoms with Crippen molar-refractivity contribution in [2.45, 2.75) is 83.4 Å². The topological polar surface area (TPSA) is 9.23 Å². The van der Waals surface area contributed by atoms with Gasteiger partial charge in [-0.25, -0.2) is 8.78 Å². The summed E-state index contributed by atoms with van der Waals surface area (Å²) in [7, 11) is 0. The van der Waals surface area contributed by atoms with Crippen LogP contribution in [0.25, 0.3) is 0 Å². The zero-order valence-electron chi connectivity index (χ0n) is 18.0.